The van der Waals surface area contributed by atoms with Crippen LogP contribution < -0.4 is 0 Å². The molecule has 3 atom stereocenters. The van der Waals surface area contributed by atoms with E-state index in [2.05, 4.69) is 17.1 Å². The van der Waals surface area contributed by atoms with E-state index in [1.165, 1.54) is 19.3 Å². The van der Waals surface area contributed by atoms with E-state index in [1.807, 2.05) is 0 Å². The predicted molar refractivity (Wildman–Crippen MR) is 54.7 cm³/mol. The third kappa shape index (κ3) is 1.06. The highest BCUT2D eigenvalue weighted by Gasteiger charge is 2.47. The zero-order chi connectivity index (χ0) is 9.54. The van der Waals surface area contributed by atoms with Crippen molar-refractivity contribution >= 4 is 5.91 Å². The van der Waals surface area contributed by atoms with E-state index < -0.39 is 0 Å². The number of hydrogen-bond donors (Lipinski definition) is 0. The van der Waals surface area contributed by atoms with Crippen molar-refractivity contribution in [1.29, 1.82) is 0 Å². The Balaban J connectivity index is 1.90. The Morgan fingerprint density at radius 2 is 2.07 bits per heavy atom. The third-order valence-corrected chi connectivity index (χ3v) is 4.16. The lowest BCUT2D eigenvalue weighted by molar-refractivity contribution is -0.132. The van der Waals surface area contributed by atoms with Gasteiger partial charge in [-0.25, -0.2) is 0 Å². The molecule has 0 spiro atoms. The first-order chi connectivity index (χ1) is 6.88. The second kappa shape index (κ2) is 3.11. The molecule has 3 aliphatic rings. The summed E-state index contributed by atoms with van der Waals surface area (Å²) in [6.45, 7) is 0.872. The molecule has 0 bridgehead atoms. The second-order valence-corrected chi connectivity index (χ2v) is 4.82. The monoisotopic (exact) mass is 191 g/mol. The standard InChI is InChI=1S/C12H17NO/c14-12-10-6-2-1-5-9(10)11-7-3-4-8-13(11)12/h3-4,9-11H,1-2,5-8H2. The summed E-state index contributed by atoms with van der Waals surface area (Å²) >= 11 is 0. The van der Waals surface area contributed by atoms with Crippen molar-refractivity contribution in [2.24, 2.45) is 11.8 Å². The Hall–Kier alpha value is -0.790. The van der Waals surface area contributed by atoms with Crippen molar-refractivity contribution < 1.29 is 4.79 Å². The summed E-state index contributed by atoms with van der Waals surface area (Å²) in [4.78, 5) is 14.2. The number of amides is 1. The molecule has 3 unspecified atom stereocenters. The molecule has 1 aliphatic carbocycles. The molecule has 0 aromatic carbocycles. The van der Waals surface area contributed by atoms with Gasteiger partial charge in [0.05, 0.1) is 0 Å². The van der Waals surface area contributed by atoms with Gasteiger partial charge in [0.2, 0.25) is 5.91 Å². The molecule has 14 heavy (non-hydrogen) atoms. The van der Waals surface area contributed by atoms with Crippen molar-refractivity contribution in [3.05, 3.63) is 12.2 Å². The molecular weight excluding hydrogens is 174 g/mol. The number of fused-ring (bicyclic) bond motifs is 3. The lowest BCUT2D eigenvalue weighted by Gasteiger charge is -2.30. The fourth-order valence-electron chi connectivity index (χ4n) is 3.49. The average molecular weight is 191 g/mol. The quantitative estimate of drug-likeness (QED) is 0.536. The molecule has 1 saturated heterocycles. The minimum absolute atomic E-state index is 0.383. The molecule has 1 saturated carbocycles. The number of carbonyl (C=O) groups excluding carboxylic acids is 1. The highest BCUT2D eigenvalue weighted by atomic mass is 16.2. The summed E-state index contributed by atoms with van der Waals surface area (Å²) in [5.41, 5.74) is 0. The number of rotatable bonds is 0. The molecule has 2 heterocycles. The van der Waals surface area contributed by atoms with E-state index in [0.717, 1.165) is 19.4 Å². The van der Waals surface area contributed by atoms with Crippen molar-refractivity contribution in [3.63, 3.8) is 0 Å². The van der Waals surface area contributed by atoms with E-state index in [9.17, 15) is 4.79 Å². The van der Waals surface area contributed by atoms with E-state index in [4.69, 9.17) is 0 Å². The molecule has 76 valence electrons. The smallest absolute Gasteiger partial charge is 0.226 e. The van der Waals surface area contributed by atoms with Gasteiger partial charge in [-0.15, -0.1) is 0 Å². The molecule has 2 fully saturated rings. The van der Waals surface area contributed by atoms with Gasteiger partial charge in [0.25, 0.3) is 0 Å². The van der Waals surface area contributed by atoms with Crippen LogP contribution in [-0.2, 0) is 4.79 Å². The van der Waals surface area contributed by atoms with Gasteiger partial charge in [-0.1, -0.05) is 25.0 Å². The van der Waals surface area contributed by atoms with Gasteiger partial charge >= 0.3 is 0 Å². The fourth-order valence-corrected chi connectivity index (χ4v) is 3.49. The van der Waals surface area contributed by atoms with Gasteiger partial charge < -0.3 is 4.90 Å². The first-order valence-electron chi connectivity index (χ1n) is 5.83. The number of carbonyl (C=O) groups is 1. The molecule has 1 amide bonds. The number of nitrogens with zero attached hydrogens (tertiary/aromatic N) is 1. The maximum Gasteiger partial charge on any atom is 0.226 e. The topological polar surface area (TPSA) is 20.3 Å². The van der Waals surface area contributed by atoms with Crippen LogP contribution in [0.4, 0.5) is 0 Å². The van der Waals surface area contributed by atoms with Crippen LogP contribution in [-0.4, -0.2) is 23.4 Å². The minimum atomic E-state index is 0.383. The Morgan fingerprint density at radius 3 is 3.00 bits per heavy atom. The molecule has 0 N–H and O–H groups in total. The highest BCUT2D eigenvalue weighted by molar-refractivity contribution is 5.82. The summed E-state index contributed by atoms with van der Waals surface area (Å²) in [5, 5.41) is 0. The number of hydrogen-bond acceptors (Lipinski definition) is 1. The Bertz CT molecular complexity index is 284. The maximum atomic E-state index is 12.1. The highest BCUT2D eigenvalue weighted by Crippen LogP contribution is 2.43. The van der Waals surface area contributed by atoms with Gasteiger partial charge in [0.15, 0.2) is 0 Å². The Morgan fingerprint density at radius 1 is 1.21 bits per heavy atom. The zero-order valence-corrected chi connectivity index (χ0v) is 8.48. The first kappa shape index (κ1) is 8.51. The van der Waals surface area contributed by atoms with Gasteiger partial charge in [-0.05, 0) is 25.2 Å². The summed E-state index contributed by atoms with van der Waals surface area (Å²) in [5.74, 6) is 1.51. The van der Waals surface area contributed by atoms with Crippen LogP contribution in [0.1, 0.15) is 32.1 Å². The van der Waals surface area contributed by atoms with Crippen molar-refractivity contribution in [2.45, 2.75) is 38.1 Å². The SMILES string of the molecule is O=C1C2CCCCC2C2CC=CCN12. The van der Waals surface area contributed by atoms with Crippen LogP contribution in [0.25, 0.3) is 0 Å². The lowest BCUT2D eigenvalue weighted by atomic mass is 9.77. The van der Waals surface area contributed by atoms with Crippen LogP contribution in [0.3, 0.4) is 0 Å². The summed E-state index contributed by atoms with van der Waals surface area (Å²) in [6.07, 6.45) is 10.5. The van der Waals surface area contributed by atoms with Crippen LogP contribution in [0, 0.1) is 11.8 Å². The Kier molecular flexibility index (Phi) is 1.89. The summed E-state index contributed by atoms with van der Waals surface area (Å²) in [7, 11) is 0. The second-order valence-electron chi connectivity index (χ2n) is 4.82. The van der Waals surface area contributed by atoms with Crippen LogP contribution in [0.5, 0.6) is 0 Å². The summed E-state index contributed by atoms with van der Waals surface area (Å²) in [6, 6.07) is 0.554. The van der Waals surface area contributed by atoms with E-state index in [1.54, 1.807) is 0 Å². The summed E-state index contributed by atoms with van der Waals surface area (Å²) < 4.78 is 0. The normalized spacial score (nSPS) is 41.0. The first-order valence-corrected chi connectivity index (χ1v) is 5.83. The zero-order valence-electron chi connectivity index (χ0n) is 8.48. The van der Waals surface area contributed by atoms with Crippen LogP contribution >= 0.6 is 0 Å². The maximum absolute atomic E-state index is 12.1. The molecule has 2 nitrogen and oxygen atoms in total. The van der Waals surface area contributed by atoms with Crippen LogP contribution in [0.15, 0.2) is 12.2 Å². The fraction of sp³-hybridized carbons (Fsp3) is 0.750. The molecule has 2 aliphatic heterocycles. The molecule has 0 radical (unpaired) electrons. The lowest BCUT2D eigenvalue weighted by Crippen LogP contribution is -2.37. The average Bonchev–Trinajstić information content (AvgIpc) is 2.55. The van der Waals surface area contributed by atoms with Crippen molar-refractivity contribution in [1.82, 2.24) is 4.90 Å². The molecular formula is C12H17NO. The van der Waals surface area contributed by atoms with Crippen LogP contribution in [0.2, 0.25) is 0 Å². The molecule has 0 aromatic rings. The van der Waals surface area contributed by atoms with Crippen molar-refractivity contribution in [2.75, 3.05) is 6.54 Å². The van der Waals surface area contributed by atoms with Crippen molar-refractivity contribution in [3.8, 4) is 0 Å². The predicted octanol–water partition coefficient (Wildman–Crippen LogP) is 1.96. The van der Waals surface area contributed by atoms with Gasteiger partial charge in [-0.2, -0.15) is 0 Å². The molecule has 0 aromatic heterocycles. The minimum Gasteiger partial charge on any atom is -0.335 e. The van der Waals surface area contributed by atoms with E-state index >= 15 is 0 Å². The van der Waals surface area contributed by atoms with E-state index in [-0.39, 0.29) is 0 Å². The largest absolute Gasteiger partial charge is 0.335 e. The van der Waals surface area contributed by atoms with Gasteiger partial charge in [-0.3, -0.25) is 4.79 Å². The van der Waals surface area contributed by atoms with Gasteiger partial charge in [0, 0.05) is 18.5 Å². The third-order valence-electron chi connectivity index (χ3n) is 4.16. The molecule has 2 heteroatoms. The Labute approximate surface area is 85.0 Å². The van der Waals surface area contributed by atoms with Gasteiger partial charge in [0.1, 0.15) is 0 Å². The molecule has 3 rings (SSSR count). The van der Waals surface area contributed by atoms with E-state index in [0.29, 0.717) is 23.8 Å².